The summed E-state index contributed by atoms with van der Waals surface area (Å²) in [6.45, 7) is 6.90. The van der Waals surface area contributed by atoms with Crippen molar-refractivity contribution in [3.05, 3.63) is 58.7 Å². The molecule has 0 fully saturated rings. The molecule has 1 unspecified atom stereocenters. The van der Waals surface area contributed by atoms with E-state index in [4.69, 9.17) is 9.47 Å². The van der Waals surface area contributed by atoms with Gasteiger partial charge in [0.1, 0.15) is 0 Å². The number of hydrogen-bond donors (Lipinski definition) is 2. The Hall–Kier alpha value is -2.73. The van der Waals surface area contributed by atoms with Crippen LogP contribution in [0.5, 0.6) is 11.5 Å². The molecule has 1 aliphatic heterocycles. The minimum absolute atomic E-state index is 0.0571. The van der Waals surface area contributed by atoms with Gasteiger partial charge in [-0.25, -0.2) is 4.79 Å². The summed E-state index contributed by atoms with van der Waals surface area (Å²) >= 11 is 0. The first-order chi connectivity index (χ1) is 14.0. The molecule has 0 spiro atoms. The van der Waals surface area contributed by atoms with Crippen molar-refractivity contribution in [2.24, 2.45) is 0 Å². The van der Waals surface area contributed by atoms with Crippen LogP contribution in [0.25, 0.3) is 0 Å². The summed E-state index contributed by atoms with van der Waals surface area (Å²) in [6, 6.07) is 12.6. The number of ether oxygens (including phenoxy) is 2. The van der Waals surface area contributed by atoms with Crippen LogP contribution in [0, 0.1) is 6.92 Å². The molecule has 6 nitrogen and oxygen atoms in total. The third kappa shape index (κ3) is 5.01. The highest BCUT2D eigenvalue weighted by atomic mass is 16.5. The number of amides is 2. The molecular formula is C23H31N3O3. The van der Waals surface area contributed by atoms with E-state index in [9.17, 15) is 4.79 Å². The molecule has 2 aromatic rings. The predicted molar refractivity (Wildman–Crippen MR) is 115 cm³/mol. The Bertz CT molecular complexity index is 853. The monoisotopic (exact) mass is 397 g/mol. The van der Waals surface area contributed by atoms with Gasteiger partial charge in [-0.3, -0.25) is 4.90 Å². The second-order valence-corrected chi connectivity index (χ2v) is 7.37. The van der Waals surface area contributed by atoms with Crippen molar-refractivity contribution < 1.29 is 14.3 Å². The third-order valence-electron chi connectivity index (χ3n) is 5.37. The molecule has 2 N–H and O–H groups in total. The van der Waals surface area contributed by atoms with Crippen molar-refractivity contribution >= 4 is 6.03 Å². The van der Waals surface area contributed by atoms with Gasteiger partial charge in [-0.15, -0.1) is 0 Å². The molecule has 0 aliphatic carbocycles. The molecule has 29 heavy (non-hydrogen) atoms. The molecule has 0 bridgehead atoms. The molecule has 0 saturated heterocycles. The van der Waals surface area contributed by atoms with E-state index in [1.807, 2.05) is 6.92 Å². The normalized spacial score (nSPS) is 16.1. The number of benzene rings is 2. The van der Waals surface area contributed by atoms with Gasteiger partial charge in [0.05, 0.1) is 20.3 Å². The lowest BCUT2D eigenvalue weighted by Gasteiger charge is -2.38. The Balaban J connectivity index is 1.91. The average molecular weight is 398 g/mol. The van der Waals surface area contributed by atoms with Crippen molar-refractivity contribution in [1.82, 2.24) is 15.5 Å². The van der Waals surface area contributed by atoms with Gasteiger partial charge >= 0.3 is 6.03 Å². The topological polar surface area (TPSA) is 62.8 Å². The van der Waals surface area contributed by atoms with Crippen LogP contribution < -0.4 is 20.1 Å². The van der Waals surface area contributed by atoms with E-state index in [-0.39, 0.29) is 12.1 Å². The van der Waals surface area contributed by atoms with Crippen LogP contribution >= 0.6 is 0 Å². The van der Waals surface area contributed by atoms with E-state index in [1.165, 1.54) is 22.3 Å². The zero-order valence-corrected chi connectivity index (χ0v) is 17.7. The number of urea groups is 1. The Labute approximate surface area is 173 Å². The SMILES string of the molecule is CCNC(=O)NCC1c2cc(OC)c(OC)cc2CCN1Cc1cccc(C)c1. The Kier molecular flexibility index (Phi) is 6.99. The highest BCUT2D eigenvalue weighted by Gasteiger charge is 2.29. The van der Waals surface area contributed by atoms with E-state index in [2.05, 4.69) is 58.9 Å². The quantitative estimate of drug-likeness (QED) is 0.751. The first-order valence-corrected chi connectivity index (χ1v) is 10.1. The molecule has 1 heterocycles. The lowest BCUT2D eigenvalue weighted by molar-refractivity contribution is 0.170. The average Bonchev–Trinajstić information content (AvgIpc) is 2.72. The van der Waals surface area contributed by atoms with Crippen LogP contribution in [0.4, 0.5) is 4.79 Å². The minimum Gasteiger partial charge on any atom is -0.493 e. The molecular weight excluding hydrogens is 366 g/mol. The highest BCUT2D eigenvalue weighted by molar-refractivity contribution is 5.73. The van der Waals surface area contributed by atoms with Gasteiger partial charge in [0, 0.05) is 26.2 Å². The lowest BCUT2D eigenvalue weighted by atomic mass is 9.91. The number of methoxy groups -OCH3 is 2. The fourth-order valence-corrected chi connectivity index (χ4v) is 3.97. The van der Waals surface area contributed by atoms with Gasteiger partial charge in [0.2, 0.25) is 0 Å². The van der Waals surface area contributed by atoms with Gasteiger partial charge in [0.15, 0.2) is 11.5 Å². The smallest absolute Gasteiger partial charge is 0.314 e. The Morgan fingerprint density at radius 1 is 1.14 bits per heavy atom. The van der Waals surface area contributed by atoms with Crippen LogP contribution in [0.3, 0.4) is 0 Å². The Morgan fingerprint density at radius 3 is 2.59 bits per heavy atom. The van der Waals surface area contributed by atoms with Gasteiger partial charge < -0.3 is 20.1 Å². The molecule has 1 aliphatic rings. The van der Waals surface area contributed by atoms with Crippen LogP contribution in [-0.4, -0.2) is 44.8 Å². The first-order valence-electron chi connectivity index (χ1n) is 10.1. The van der Waals surface area contributed by atoms with E-state index in [0.29, 0.717) is 18.8 Å². The van der Waals surface area contributed by atoms with Crippen LogP contribution in [0.1, 0.15) is 35.2 Å². The van der Waals surface area contributed by atoms with E-state index in [0.717, 1.165) is 25.3 Å². The number of aryl methyl sites for hydroxylation is 1. The second kappa shape index (κ2) is 9.65. The van der Waals surface area contributed by atoms with Crippen molar-refractivity contribution in [2.45, 2.75) is 32.9 Å². The van der Waals surface area contributed by atoms with Gasteiger partial charge in [0.25, 0.3) is 0 Å². The van der Waals surface area contributed by atoms with Crippen LogP contribution in [0.15, 0.2) is 36.4 Å². The predicted octanol–water partition coefficient (Wildman–Crippen LogP) is 3.43. The number of fused-ring (bicyclic) bond motifs is 1. The summed E-state index contributed by atoms with van der Waals surface area (Å²) in [5.74, 6) is 1.46. The maximum atomic E-state index is 12.0. The third-order valence-corrected chi connectivity index (χ3v) is 5.37. The number of rotatable bonds is 7. The van der Waals surface area contributed by atoms with Gasteiger partial charge in [-0.2, -0.15) is 0 Å². The van der Waals surface area contributed by atoms with Crippen molar-refractivity contribution in [3.63, 3.8) is 0 Å². The Morgan fingerprint density at radius 2 is 1.90 bits per heavy atom. The molecule has 2 aromatic carbocycles. The largest absolute Gasteiger partial charge is 0.493 e. The summed E-state index contributed by atoms with van der Waals surface area (Å²) < 4.78 is 11.0. The molecule has 156 valence electrons. The fourth-order valence-electron chi connectivity index (χ4n) is 3.97. The zero-order valence-electron chi connectivity index (χ0n) is 17.7. The van der Waals surface area contributed by atoms with Crippen molar-refractivity contribution in [1.29, 1.82) is 0 Å². The maximum absolute atomic E-state index is 12.0. The fraction of sp³-hybridized carbons (Fsp3) is 0.435. The summed E-state index contributed by atoms with van der Waals surface area (Å²) in [5, 5.41) is 5.83. The minimum atomic E-state index is -0.143. The highest BCUT2D eigenvalue weighted by Crippen LogP contribution is 2.38. The molecule has 3 rings (SSSR count). The van der Waals surface area contributed by atoms with E-state index in [1.54, 1.807) is 14.2 Å². The molecule has 0 saturated carbocycles. The van der Waals surface area contributed by atoms with Gasteiger partial charge in [-0.05, 0) is 49.1 Å². The molecule has 0 aromatic heterocycles. The molecule has 1 atom stereocenters. The number of nitrogens with zero attached hydrogens (tertiary/aromatic N) is 1. The van der Waals surface area contributed by atoms with Crippen molar-refractivity contribution in [3.8, 4) is 11.5 Å². The second-order valence-electron chi connectivity index (χ2n) is 7.37. The number of hydrogen-bond acceptors (Lipinski definition) is 4. The summed E-state index contributed by atoms with van der Waals surface area (Å²) in [6.07, 6.45) is 0.930. The van der Waals surface area contributed by atoms with Crippen LogP contribution in [0.2, 0.25) is 0 Å². The van der Waals surface area contributed by atoms with E-state index < -0.39 is 0 Å². The van der Waals surface area contributed by atoms with Crippen molar-refractivity contribution in [2.75, 3.05) is 33.9 Å². The summed E-state index contributed by atoms with van der Waals surface area (Å²) in [7, 11) is 3.31. The maximum Gasteiger partial charge on any atom is 0.314 e. The van der Waals surface area contributed by atoms with E-state index >= 15 is 0 Å². The molecule has 0 radical (unpaired) electrons. The number of nitrogens with one attached hydrogen (secondary N) is 2. The molecule has 6 heteroatoms. The zero-order chi connectivity index (χ0) is 20.8. The summed E-state index contributed by atoms with van der Waals surface area (Å²) in [5.41, 5.74) is 4.95. The number of carbonyl (C=O) groups excluding carboxylic acids is 1. The van der Waals surface area contributed by atoms with Gasteiger partial charge in [-0.1, -0.05) is 29.8 Å². The summed E-state index contributed by atoms with van der Waals surface area (Å²) in [4.78, 5) is 14.5. The molecule has 2 amide bonds. The van der Waals surface area contributed by atoms with Crippen LogP contribution in [-0.2, 0) is 13.0 Å². The number of carbonyl (C=O) groups is 1. The first kappa shape index (κ1) is 21.0. The standard InChI is InChI=1S/C23H31N3O3/c1-5-24-23(27)25-14-20-19-13-22(29-4)21(28-3)12-18(19)9-10-26(20)15-17-8-6-7-16(2)11-17/h6-8,11-13,20H,5,9-10,14-15H2,1-4H3,(H2,24,25,27). The lowest BCUT2D eigenvalue weighted by Crippen LogP contribution is -2.44.